The molecule has 0 aliphatic heterocycles. The molecule has 0 aliphatic rings. The fourth-order valence-corrected chi connectivity index (χ4v) is 3.01. The molecule has 0 spiro atoms. The van der Waals surface area contributed by atoms with Crippen LogP contribution >= 0.6 is 20.7 Å². The van der Waals surface area contributed by atoms with Gasteiger partial charge < -0.3 is 8.83 Å². The molecular formula is C12H8N4O3S2. The first-order chi connectivity index (χ1) is 10.3. The molecule has 3 aromatic rings. The Balaban J connectivity index is 1.88. The van der Waals surface area contributed by atoms with E-state index in [4.69, 9.17) is 8.83 Å². The van der Waals surface area contributed by atoms with Crippen LogP contribution < -0.4 is 9.67 Å². The standard InChI is InChI=1S/C12H8N4O3S2/c17-12-16(14-8-10-4-2-6-19-10)11(20-21-12)15-13-7-9-3-1-5-18-9/h1-8H/b13-7+,14-8+,15-11+. The van der Waals surface area contributed by atoms with Gasteiger partial charge in [-0.1, -0.05) is 0 Å². The van der Waals surface area contributed by atoms with Crippen LogP contribution in [0, 0.1) is 0 Å². The monoisotopic (exact) mass is 320 g/mol. The summed E-state index contributed by atoms with van der Waals surface area (Å²) in [6, 6.07) is 6.96. The fourth-order valence-electron chi connectivity index (χ4n) is 1.36. The molecular weight excluding hydrogens is 312 g/mol. The summed E-state index contributed by atoms with van der Waals surface area (Å²) < 4.78 is 11.4. The Labute approximate surface area is 125 Å². The zero-order valence-electron chi connectivity index (χ0n) is 10.4. The van der Waals surface area contributed by atoms with Crippen LogP contribution in [0.4, 0.5) is 0 Å². The Morgan fingerprint density at radius 3 is 2.43 bits per heavy atom. The summed E-state index contributed by atoms with van der Waals surface area (Å²) in [6.45, 7) is 0. The molecule has 0 N–H and O–H groups in total. The van der Waals surface area contributed by atoms with Gasteiger partial charge in [-0.3, -0.25) is 4.79 Å². The number of furan rings is 2. The molecule has 7 nitrogen and oxygen atoms in total. The molecule has 0 aromatic carbocycles. The van der Waals surface area contributed by atoms with Crippen LogP contribution in [0.3, 0.4) is 0 Å². The van der Waals surface area contributed by atoms with Crippen LogP contribution in [0.2, 0.25) is 0 Å². The van der Waals surface area contributed by atoms with E-state index in [9.17, 15) is 4.79 Å². The summed E-state index contributed by atoms with van der Waals surface area (Å²) in [5.74, 6) is 1.12. The highest BCUT2D eigenvalue weighted by Gasteiger charge is 2.01. The highest BCUT2D eigenvalue weighted by molar-refractivity contribution is 7.67. The molecule has 21 heavy (non-hydrogen) atoms. The van der Waals surface area contributed by atoms with E-state index in [0.717, 1.165) is 15.0 Å². The molecule has 0 atom stereocenters. The van der Waals surface area contributed by atoms with Gasteiger partial charge in [-0.05, 0) is 44.9 Å². The second-order valence-electron chi connectivity index (χ2n) is 3.65. The third-order valence-electron chi connectivity index (χ3n) is 2.26. The van der Waals surface area contributed by atoms with Gasteiger partial charge in [-0.15, -0.1) is 5.10 Å². The van der Waals surface area contributed by atoms with Gasteiger partial charge in [0.05, 0.1) is 25.0 Å². The number of nitrogens with zero attached hydrogens (tertiary/aromatic N) is 4. The molecule has 3 rings (SSSR count). The molecule has 0 radical (unpaired) electrons. The van der Waals surface area contributed by atoms with E-state index in [-0.39, 0.29) is 4.87 Å². The molecule has 0 aliphatic carbocycles. The maximum absolute atomic E-state index is 11.7. The zero-order chi connectivity index (χ0) is 14.5. The second-order valence-corrected chi connectivity index (χ2v) is 5.69. The van der Waals surface area contributed by atoms with Crippen LogP contribution in [-0.2, 0) is 0 Å². The SMILES string of the molecule is O=c1ss/c(=N/N=C/c2ccco2)n1/N=C/c1ccco1. The van der Waals surface area contributed by atoms with Crippen molar-refractivity contribution in [3.8, 4) is 0 Å². The Bertz CT molecular complexity index is 866. The predicted octanol–water partition coefficient (Wildman–Crippen LogP) is 1.97. The maximum Gasteiger partial charge on any atom is 0.340 e. The lowest BCUT2D eigenvalue weighted by molar-refractivity contribution is 0.559. The van der Waals surface area contributed by atoms with E-state index >= 15 is 0 Å². The van der Waals surface area contributed by atoms with Gasteiger partial charge in [0.25, 0.3) is 0 Å². The number of hydrogen-bond acceptors (Lipinski definition) is 8. The quantitative estimate of drug-likeness (QED) is 0.418. The van der Waals surface area contributed by atoms with E-state index < -0.39 is 0 Å². The summed E-state index contributed by atoms with van der Waals surface area (Å²) in [6.07, 6.45) is 5.96. The Kier molecular flexibility index (Phi) is 4.03. The van der Waals surface area contributed by atoms with Gasteiger partial charge in [0.1, 0.15) is 11.5 Å². The average molecular weight is 320 g/mol. The lowest BCUT2D eigenvalue weighted by Gasteiger charge is -1.88. The van der Waals surface area contributed by atoms with Crippen LogP contribution in [0.25, 0.3) is 0 Å². The third-order valence-corrected chi connectivity index (χ3v) is 4.18. The molecule has 0 saturated carbocycles. The molecule has 3 heterocycles. The highest BCUT2D eigenvalue weighted by Crippen LogP contribution is 1.97. The number of rotatable bonds is 4. The largest absolute Gasteiger partial charge is 0.463 e. The van der Waals surface area contributed by atoms with E-state index in [1.165, 1.54) is 35.3 Å². The van der Waals surface area contributed by atoms with Crippen LogP contribution in [-0.4, -0.2) is 17.1 Å². The van der Waals surface area contributed by atoms with Crippen molar-refractivity contribution in [3.05, 3.63) is 62.8 Å². The van der Waals surface area contributed by atoms with Crippen molar-refractivity contribution in [1.82, 2.24) is 4.68 Å². The first-order valence-corrected chi connectivity index (χ1v) is 7.88. The zero-order valence-corrected chi connectivity index (χ0v) is 12.1. The van der Waals surface area contributed by atoms with E-state index in [0.29, 0.717) is 16.3 Å². The minimum atomic E-state index is -0.241. The van der Waals surface area contributed by atoms with Crippen molar-refractivity contribution < 1.29 is 8.83 Å². The Morgan fingerprint density at radius 1 is 1.05 bits per heavy atom. The summed E-state index contributed by atoms with van der Waals surface area (Å²) >= 11 is 0. The summed E-state index contributed by atoms with van der Waals surface area (Å²) in [7, 11) is 2.22. The van der Waals surface area contributed by atoms with E-state index in [1.54, 1.807) is 24.3 Å². The van der Waals surface area contributed by atoms with Gasteiger partial charge in [0.15, 0.2) is 0 Å². The average Bonchev–Trinajstić information content (AvgIpc) is 3.20. The van der Waals surface area contributed by atoms with Crippen molar-refractivity contribution >= 4 is 33.1 Å². The smallest absolute Gasteiger partial charge is 0.340 e. The molecule has 0 amide bonds. The van der Waals surface area contributed by atoms with Crippen molar-refractivity contribution in [2.24, 2.45) is 15.3 Å². The molecule has 0 fully saturated rings. The first-order valence-electron chi connectivity index (χ1n) is 5.73. The summed E-state index contributed by atoms with van der Waals surface area (Å²) in [4.78, 5) is 11.8. The fraction of sp³-hybridized carbons (Fsp3) is 0. The van der Waals surface area contributed by atoms with Crippen LogP contribution in [0.1, 0.15) is 11.5 Å². The van der Waals surface area contributed by atoms with Crippen LogP contribution in [0.5, 0.6) is 0 Å². The third kappa shape index (κ3) is 3.33. The predicted molar refractivity (Wildman–Crippen MR) is 80.0 cm³/mol. The normalized spacial score (nSPS) is 12.9. The lowest BCUT2D eigenvalue weighted by Crippen LogP contribution is -2.20. The van der Waals surface area contributed by atoms with Crippen molar-refractivity contribution in [2.45, 2.75) is 0 Å². The highest BCUT2D eigenvalue weighted by atomic mass is 32.9. The maximum atomic E-state index is 11.7. The second kappa shape index (κ2) is 6.29. The summed E-state index contributed by atoms with van der Waals surface area (Å²) in [5.41, 5.74) is 0. The summed E-state index contributed by atoms with van der Waals surface area (Å²) in [5, 5.41) is 11.9. The van der Waals surface area contributed by atoms with Crippen LogP contribution in [0.15, 0.2) is 65.7 Å². The minimum absolute atomic E-state index is 0.241. The molecule has 0 unspecified atom stereocenters. The van der Waals surface area contributed by atoms with Gasteiger partial charge in [-0.25, -0.2) is 0 Å². The molecule has 0 bridgehead atoms. The topological polar surface area (TPSA) is 85.4 Å². The van der Waals surface area contributed by atoms with E-state index in [2.05, 4.69) is 15.3 Å². The van der Waals surface area contributed by atoms with Gasteiger partial charge in [0, 0.05) is 0 Å². The first kappa shape index (κ1) is 13.5. The van der Waals surface area contributed by atoms with E-state index in [1.807, 2.05) is 0 Å². The molecule has 106 valence electrons. The molecule has 9 heteroatoms. The van der Waals surface area contributed by atoms with Gasteiger partial charge >= 0.3 is 4.87 Å². The minimum Gasteiger partial charge on any atom is -0.463 e. The van der Waals surface area contributed by atoms with Crippen molar-refractivity contribution in [3.63, 3.8) is 0 Å². The molecule has 3 aromatic heterocycles. The number of aromatic nitrogens is 1. The molecule has 0 saturated heterocycles. The lowest BCUT2D eigenvalue weighted by atomic mass is 10.5. The Morgan fingerprint density at radius 2 is 1.76 bits per heavy atom. The van der Waals surface area contributed by atoms with Gasteiger partial charge in [0.2, 0.25) is 4.80 Å². The van der Waals surface area contributed by atoms with Crippen molar-refractivity contribution in [2.75, 3.05) is 0 Å². The Hall–Kier alpha value is -2.52. The number of hydrogen-bond donors (Lipinski definition) is 0. The van der Waals surface area contributed by atoms with Crippen molar-refractivity contribution in [1.29, 1.82) is 0 Å². The van der Waals surface area contributed by atoms with Gasteiger partial charge in [-0.2, -0.15) is 14.9 Å².